The van der Waals surface area contributed by atoms with Crippen molar-refractivity contribution in [2.75, 3.05) is 13.2 Å². The van der Waals surface area contributed by atoms with Crippen molar-refractivity contribution in [3.8, 4) is 0 Å². The van der Waals surface area contributed by atoms with E-state index in [0.29, 0.717) is 11.5 Å². The number of Topliss-reactive ketones (excluding diaryl/α,β-unsaturated/α-hetero) is 1. The van der Waals surface area contributed by atoms with E-state index in [0.717, 1.165) is 5.56 Å². The zero-order chi connectivity index (χ0) is 14.5. The van der Waals surface area contributed by atoms with Gasteiger partial charge >= 0.3 is 6.18 Å². The van der Waals surface area contributed by atoms with E-state index in [-0.39, 0.29) is 12.4 Å². The fourth-order valence-corrected chi connectivity index (χ4v) is 1.49. The Morgan fingerprint density at radius 2 is 1.79 bits per heavy atom. The number of alkyl halides is 3. The lowest BCUT2D eigenvalue weighted by atomic mass is 10.0. The number of hydrogen-bond donors (Lipinski definition) is 0. The largest absolute Gasteiger partial charge is 0.391 e. The number of ketones is 1. The average Bonchev–Trinajstić information content (AvgIpc) is 2.33. The summed E-state index contributed by atoms with van der Waals surface area (Å²) >= 11 is 0. The van der Waals surface area contributed by atoms with E-state index < -0.39 is 19.2 Å². The van der Waals surface area contributed by atoms with Crippen molar-refractivity contribution in [2.45, 2.75) is 32.4 Å². The molecule has 5 heteroatoms. The van der Waals surface area contributed by atoms with E-state index >= 15 is 0 Å². The molecule has 0 aliphatic heterocycles. The molecule has 0 N–H and O–H groups in total. The Morgan fingerprint density at radius 3 is 2.26 bits per heavy atom. The van der Waals surface area contributed by atoms with Gasteiger partial charge in [0.15, 0.2) is 5.78 Å². The van der Waals surface area contributed by atoms with Crippen LogP contribution in [0.5, 0.6) is 0 Å². The van der Waals surface area contributed by atoms with Crippen molar-refractivity contribution in [1.29, 1.82) is 0 Å². The molecule has 106 valence electrons. The first-order chi connectivity index (χ1) is 8.79. The monoisotopic (exact) mass is 274 g/mol. The van der Waals surface area contributed by atoms with Gasteiger partial charge in [0, 0.05) is 5.56 Å². The molecule has 0 saturated heterocycles. The number of halogens is 3. The molecule has 0 radical (unpaired) electrons. The summed E-state index contributed by atoms with van der Waals surface area (Å²) in [5, 5.41) is 0. The molecule has 0 bridgehead atoms. The minimum absolute atomic E-state index is 0.308. The average molecular weight is 274 g/mol. The lowest BCUT2D eigenvalue weighted by Gasteiger charge is -2.08. The number of carbonyl (C=O) groups excluding carboxylic acids is 1. The quantitative estimate of drug-likeness (QED) is 0.579. The Labute approximate surface area is 110 Å². The molecule has 1 aromatic rings. The smallest absolute Gasteiger partial charge is 0.373 e. The molecule has 2 nitrogen and oxygen atoms in total. The van der Waals surface area contributed by atoms with Crippen LogP contribution in [0, 0.1) is 0 Å². The van der Waals surface area contributed by atoms with E-state index in [2.05, 4.69) is 0 Å². The molecule has 0 amide bonds. The van der Waals surface area contributed by atoms with Gasteiger partial charge in [-0.1, -0.05) is 38.1 Å². The second-order valence-corrected chi connectivity index (χ2v) is 4.62. The molecule has 0 aromatic heterocycles. The van der Waals surface area contributed by atoms with Crippen molar-refractivity contribution < 1.29 is 22.7 Å². The van der Waals surface area contributed by atoms with Crippen LogP contribution in [0.15, 0.2) is 24.3 Å². The van der Waals surface area contributed by atoms with Crippen molar-refractivity contribution in [3.05, 3.63) is 35.4 Å². The van der Waals surface area contributed by atoms with Crippen LogP contribution in [-0.4, -0.2) is 25.2 Å². The molecular formula is C14H17F3O2. The van der Waals surface area contributed by atoms with Gasteiger partial charge in [-0.3, -0.25) is 4.79 Å². The molecule has 0 saturated carbocycles. The highest BCUT2D eigenvalue weighted by Crippen LogP contribution is 2.19. The molecule has 1 rings (SSSR count). The van der Waals surface area contributed by atoms with Crippen LogP contribution in [0.2, 0.25) is 0 Å². The van der Waals surface area contributed by atoms with Gasteiger partial charge < -0.3 is 4.74 Å². The highest BCUT2D eigenvalue weighted by molar-refractivity contribution is 5.97. The first-order valence-electron chi connectivity index (χ1n) is 6.07. The molecule has 0 fully saturated rings. The number of hydrogen-bond acceptors (Lipinski definition) is 2. The van der Waals surface area contributed by atoms with Crippen LogP contribution in [0.25, 0.3) is 0 Å². The first-order valence-corrected chi connectivity index (χ1v) is 6.07. The lowest BCUT2D eigenvalue weighted by molar-refractivity contribution is -0.144. The molecule has 1 aromatic carbocycles. The minimum atomic E-state index is -4.25. The zero-order valence-electron chi connectivity index (χ0n) is 11.0. The van der Waals surface area contributed by atoms with Crippen molar-refractivity contribution in [2.24, 2.45) is 0 Å². The van der Waals surface area contributed by atoms with Crippen molar-refractivity contribution in [1.82, 2.24) is 0 Å². The maximum absolute atomic E-state index is 11.9. The maximum atomic E-state index is 11.9. The van der Waals surface area contributed by atoms with Gasteiger partial charge in [-0.2, -0.15) is 13.2 Å². The van der Waals surface area contributed by atoms with Gasteiger partial charge in [0.1, 0.15) is 6.61 Å². The molecule has 19 heavy (non-hydrogen) atoms. The number of carbonyl (C=O) groups is 1. The van der Waals surface area contributed by atoms with Crippen LogP contribution in [0.4, 0.5) is 13.2 Å². The zero-order valence-corrected chi connectivity index (χ0v) is 11.0. The van der Waals surface area contributed by atoms with E-state index in [1.54, 1.807) is 12.1 Å². The van der Waals surface area contributed by atoms with Crippen LogP contribution in [0.1, 0.15) is 42.1 Å². The molecular weight excluding hydrogens is 257 g/mol. The Bertz CT molecular complexity index is 408. The maximum Gasteiger partial charge on any atom is 0.391 e. The summed E-state index contributed by atoms with van der Waals surface area (Å²) in [6.45, 7) is 3.27. The van der Waals surface area contributed by atoms with Gasteiger partial charge in [-0.15, -0.1) is 0 Å². The molecule has 0 aliphatic rings. The Morgan fingerprint density at radius 1 is 1.21 bits per heavy atom. The predicted molar refractivity (Wildman–Crippen MR) is 66.4 cm³/mol. The summed E-state index contributed by atoms with van der Waals surface area (Å²) in [5.41, 5.74) is 1.56. The predicted octanol–water partition coefficient (Wildman–Crippen LogP) is 3.96. The summed E-state index contributed by atoms with van der Waals surface area (Å²) in [6.07, 6.45) is -5.28. The fourth-order valence-electron chi connectivity index (χ4n) is 1.49. The third-order valence-electron chi connectivity index (χ3n) is 2.66. The summed E-state index contributed by atoms with van der Waals surface area (Å²) < 4.78 is 40.3. The Balaban J connectivity index is 2.41. The highest BCUT2D eigenvalue weighted by Gasteiger charge is 2.26. The fraction of sp³-hybridized carbons (Fsp3) is 0.500. The molecule has 0 unspecified atom stereocenters. The minimum Gasteiger partial charge on any atom is -0.373 e. The van der Waals surface area contributed by atoms with Gasteiger partial charge in [0.2, 0.25) is 0 Å². The second-order valence-electron chi connectivity index (χ2n) is 4.62. The molecule has 0 heterocycles. The number of benzene rings is 1. The Hall–Kier alpha value is -1.36. The highest BCUT2D eigenvalue weighted by atomic mass is 19.4. The van der Waals surface area contributed by atoms with Crippen LogP contribution in [0.3, 0.4) is 0 Å². The van der Waals surface area contributed by atoms with Crippen LogP contribution >= 0.6 is 0 Å². The van der Waals surface area contributed by atoms with Gasteiger partial charge in [0.05, 0.1) is 13.0 Å². The van der Waals surface area contributed by atoms with Gasteiger partial charge in [0.25, 0.3) is 0 Å². The topological polar surface area (TPSA) is 26.3 Å². The Kier molecular flexibility index (Phi) is 5.54. The summed E-state index contributed by atoms with van der Waals surface area (Å²) in [7, 11) is 0. The van der Waals surface area contributed by atoms with Crippen molar-refractivity contribution >= 4 is 5.78 Å². The molecule has 0 aliphatic carbocycles. The summed E-state index contributed by atoms with van der Waals surface area (Å²) in [4.78, 5) is 11.6. The van der Waals surface area contributed by atoms with Crippen LogP contribution < -0.4 is 0 Å². The normalized spacial score (nSPS) is 11.9. The molecule has 0 spiro atoms. The number of rotatable bonds is 6. The van der Waals surface area contributed by atoms with E-state index in [1.807, 2.05) is 26.0 Å². The SMILES string of the molecule is CC(C)c1ccc(C(=O)COCCC(F)(F)F)cc1. The van der Waals surface area contributed by atoms with E-state index in [4.69, 9.17) is 4.74 Å². The third kappa shape index (κ3) is 5.87. The summed E-state index contributed by atoms with van der Waals surface area (Å²) in [5.74, 6) is 0.0599. The van der Waals surface area contributed by atoms with E-state index in [1.165, 1.54) is 0 Å². The van der Waals surface area contributed by atoms with E-state index in [9.17, 15) is 18.0 Å². The summed E-state index contributed by atoms with van der Waals surface area (Å²) in [6, 6.07) is 7.02. The van der Waals surface area contributed by atoms with Crippen molar-refractivity contribution in [3.63, 3.8) is 0 Å². The second kappa shape index (κ2) is 6.70. The van der Waals surface area contributed by atoms with Gasteiger partial charge in [-0.05, 0) is 11.5 Å². The van der Waals surface area contributed by atoms with Gasteiger partial charge in [-0.25, -0.2) is 0 Å². The lowest BCUT2D eigenvalue weighted by Crippen LogP contribution is -2.15. The number of ether oxygens (including phenoxy) is 1. The third-order valence-corrected chi connectivity index (χ3v) is 2.66. The molecule has 0 atom stereocenters. The standard InChI is InChI=1S/C14H17F3O2/c1-10(2)11-3-5-12(6-4-11)13(18)9-19-8-7-14(15,16)17/h3-6,10H,7-9H2,1-2H3. The van der Waals surface area contributed by atoms with Crippen LogP contribution in [-0.2, 0) is 4.74 Å². The first kappa shape index (κ1) is 15.7.